The molecule has 2 aromatic rings. The molecule has 0 aromatic carbocycles. The maximum Gasteiger partial charge on any atom is 0.255 e. The zero-order chi connectivity index (χ0) is 13.8. The Morgan fingerprint density at radius 1 is 1.47 bits per heavy atom. The third kappa shape index (κ3) is 3.25. The highest BCUT2D eigenvalue weighted by Gasteiger charge is 2.14. The van der Waals surface area contributed by atoms with Crippen molar-refractivity contribution in [2.24, 2.45) is 0 Å². The number of hydrogen-bond donors (Lipinski definition) is 2. The minimum Gasteiger partial charge on any atom is -0.340 e. The first-order valence-corrected chi connectivity index (χ1v) is 6.14. The summed E-state index contributed by atoms with van der Waals surface area (Å²) in [6.07, 6.45) is 2.00. The van der Waals surface area contributed by atoms with E-state index in [1.807, 2.05) is 13.8 Å². The van der Waals surface area contributed by atoms with Gasteiger partial charge in [-0.25, -0.2) is 4.98 Å². The lowest BCUT2D eigenvalue weighted by Gasteiger charge is -2.14. The second-order valence-electron chi connectivity index (χ2n) is 4.41. The minimum atomic E-state index is -0.0946. The van der Waals surface area contributed by atoms with Gasteiger partial charge in [0.25, 0.3) is 5.56 Å². The van der Waals surface area contributed by atoms with E-state index in [4.69, 9.17) is 4.52 Å². The second kappa shape index (κ2) is 5.75. The Labute approximate surface area is 110 Å². The molecule has 0 radical (unpaired) electrons. The average molecular weight is 263 g/mol. The van der Waals surface area contributed by atoms with E-state index in [2.05, 4.69) is 25.4 Å². The fraction of sp³-hybridized carbons (Fsp3) is 0.500. The summed E-state index contributed by atoms with van der Waals surface area (Å²) >= 11 is 0. The van der Waals surface area contributed by atoms with Crippen LogP contribution in [-0.4, -0.2) is 26.7 Å². The normalized spacial score (nSPS) is 12.6. The van der Waals surface area contributed by atoms with Gasteiger partial charge in [0.2, 0.25) is 5.89 Å². The molecule has 0 amide bonds. The summed E-state index contributed by atoms with van der Waals surface area (Å²) in [5.41, 5.74) is 1.32. The number of aromatic amines is 1. The quantitative estimate of drug-likeness (QED) is 0.822. The van der Waals surface area contributed by atoms with Gasteiger partial charge in [-0.15, -0.1) is 0 Å². The maximum atomic E-state index is 11.9. The smallest absolute Gasteiger partial charge is 0.255 e. The first kappa shape index (κ1) is 13.4. The van der Waals surface area contributed by atoms with Crippen molar-refractivity contribution >= 4 is 0 Å². The van der Waals surface area contributed by atoms with Crippen molar-refractivity contribution in [2.45, 2.75) is 33.2 Å². The Morgan fingerprint density at radius 2 is 2.26 bits per heavy atom. The Balaban J connectivity index is 2.00. The van der Waals surface area contributed by atoms with Crippen LogP contribution in [0.15, 0.2) is 15.6 Å². The number of aromatic nitrogens is 4. The number of rotatable bonds is 5. The van der Waals surface area contributed by atoms with Gasteiger partial charge in [0, 0.05) is 24.7 Å². The third-order valence-corrected chi connectivity index (χ3v) is 2.89. The molecule has 7 heteroatoms. The van der Waals surface area contributed by atoms with Crippen LogP contribution < -0.4 is 10.9 Å². The summed E-state index contributed by atoms with van der Waals surface area (Å²) < 4.78 is 4.90. The van der Waals surface area contributed by atoms with Gasteiger partial charge in [-0.1, -0.05) is 5.16 Å². The molecule has 0 saturated carbocycles. The molecule has 2 rings (SSSR count). The van der Waals surface area contributed by atoms with Crippen molar-refractivity contribution in [2.75, 3.05) is 6.54 Å². The van der Waals surface area contributed by atoms with E-state index in [0.717, 1.165) is 5.69 Å². The minimum absolute atomic E-state index is 0.0835. The zero-order valence-electron chi connectivity index (χ0n) is 11.2. The van der Waals surface area contributed by atoms with Crippen LogP contribution in [-0.2, 0) is 6.42 Å². The summed E-state index contributed by atoms with van der Waals surface area (Å²) in [4.78, 5) is 22.8. The lowest BCUT2D eigenvalue weighted by Crippen LogP contribution is -2.29. The molecule has 19 heavy (non-hydrogen) atoms. The molecule has 0 saturated heterocycles. The molecule has 1 atom stereocenters. The van der Waals surface area contributed by atoms with Gasteiger partial charge in [-0.2, -0.15) is 4.98 Å². The molecule has 2 aromatic heterocycles. The summed E-state index contributed by atoms with van der Waals surface area (Å²) in [6, 6.07) is -0.0835. The third-order valence-electron chi connectivity index (χ3n) is 2.89. The summed E-state index contributed by atoms with van der Waals surface area (Å²) in [5, 5.41) is 6.79. The predicted molar refractivity (Wildman–Crippen MR) is 68.8 cm³/mol. The Bertz CT molecular complexity index is 591. The van der Waals surface area contributed by atoms with E-state index >= 15 is 0 Å². The van der Waals surface area contributed by atoms with E-state index in [1.165, 1.54) is 6.33 Å². The van der Waals surface area contributed by atoms with Crippen LogP contribution >= 0.6 is 0 Å². The molecule has 2 N–H and O–H groups in total. The van der Waals surface area contributed by atoms with Crippen LogP contribution in [0.2, 0.25) is 0 Å². The topological polar surface area (TPSA) is 96.7 Å². The number of H-pyrrole nitrogens is 1. The van der Waals surface area contributed by atoms with Crippen LogP contribution in [0.5, 0.6) is 0 Å². The average Bonchev–Trinajstić information content (AvgIpc) is 2.80. The van der Waals surface area contributed by atoms with Crippen molar-refractivity contribution in [3.63, 3.8) is 0 Å². The van der Waals surface area contributed by atoms with Crippen molar-refractivity contribution in [3.8, 4) is 0 Å². The molecule has 0 aliphatic carbocycles. The molecule has 0 spiro atoms. The monoisotopic (exact) mass is 263 g/mol. The Hall–Kier alpha value is -2.02. The molecule has 1 unspecified atom stereocenters. The lowest BCUT2D eigenvalue weighted by molar-refractivity contribution is 0.372. The van der Waals surface area contributed by atoms with Crippen molar-refractivity contribution in [1.29, 1.82) is 0 Å². The molecule has 0 fully saturated rings. The number of aryl methyl sites for hydroxylation is 2. The molecule has 0 aliphatic rings. The van der Waals surface area contributed by atoms with E-state index in [-0.39, 0.29) is 11.6 Å². The maximum absolute atomic E-state index is 11.9. The Morgan fingerprint density at radius 3 is 2.89 bits per heavy atom. The van der Waals surface area contributed by atoms with Gasteiger partial charge >= 0.3 is 0 Å². The van der Waals surface area contributed by atoms with Crippen LogP contribution in [0.4, 0.5) is 0 Å². The molecular weight excluding hydrogens is 246 g/mol. The van der Waals surface area contributed by atoms with E-state index in [9.17, 15) is 4.79 Å². The lowest BCUT2D eigenvalue weighted by atomic mass is 10.1. The van der Waals surface area contributed by atoms with E-state index in [0.29, 0.717) is 30.2 Å². The van der Waals surface area contributed by atoms with Crippen LogP contribution in [0.1, 0.15) is 35.9 Å². The predicted octanol–water partition coefficient (Wildman–Crippen LogP) is 0.663. The standard InChI is InChI=1S/C12H17N5O2/c1-7(13-5-4-10-14-6-15-19-10)11-8(2)16-9(3)17-12(11)18/h6-7,13H,4-5H2,1-3H3,(H,16,17,18). The van der Waals surface area contributed by atoms with Crippen LogP contribution in [0, 0.1) is 13.8 Å². The van der Waals surface area contributed by atoms with E-state index < -0.39 is 0 Å². The highest BCUT2D eigenvalue weighted by atomic mass is 16.5. The number of hydrogen-bond acceptors (Lipinski definition) is 6. The fourth-order valence-corrected chi connectivity index (χ4v) is 2.05. The highest BCUT2D eigenvalue weighted by molar-refractivity contribution is 5.19. The largest absolute Gasteiger partial charge is 0.340 e. The van der Waals surface area contributed by atoms with Gasteiger partial charge in [-0.05, 0) is 20.8 Å². The molecule has 7 nitrogen and oxygen atoms in total. The second-order valence-corrected chi connectivity index (χ2v) is 4.41. The summed E-state index contributed by atoms with van der Waals surface area (Å²) in [6.45, 7) is 6.19. The zero-order valence-corrected chi connectivity index (χ0v) is 11.2. The Kier molecular flexibility index (Phi) is 4.06. The SMILES string of the molecule is Cc1nc(C)c(C(C)NCCc2ncno2)c(=O)[nH]1. The van der Waals surface area contributed by atoms with Gasteiger partial charge in [0.15, 0.2) is 6.33 Å². The van der Waals surface area contributed by atoms with Crippen LogP contribution in [0.3, 0.4) is 0 Å². The molecular formula is C12H17N5O2. The highest BCUT2D eigenvalue weighted by Crippen LogP contribution is 2.10. The van der Waals surface area contributed by atoms with Crippen LogP contribution in [0.25, 0.3) is 0 Å². The number of nitrogens with zero attached hydrogens (tertiary/aromatic N) is 3. The number of nitrogens with one attached hydrogen (secondary N) is 2. The molecule has 102 valence electrons. The fourth-order valence-electron chi connectivity index (χ4n) is 2.05. The molecule has 0 aliphatic heterocycles. The van der Waals surface area contributed by atoms with Crippen molar-refractivity contribution in [3.05, 3.63) is 39.7 Å². The van der Waals surface area contributed by atoms with Gasteiger partial charge < -0.3 is 14.8 Å². The van der Waals surface area contributed by atoms with Crippen molar-refractivity contribution in [1.82, 2.24) is 25.4 Å². The first-order valence-electron chi connectivity index (χ1n) is 6.14. The molecule has 0 bridgehead atoms. The van der Waals surface area contributed by atoms with Gasteiger partial charge in [-0.3, -0.25) is 4.79 Å². The first-order chi connectivity index (χ1) is 9.08. The summed E-state index contributed by atoms with van der Waals surface area (Å²) in [5.74, 6) is 1.21. The van der Waals surface area contributed by atoms with Crippen molar-refractivity contribution < 1.29 is 4.52 Å². The molecule has 2 heterocycles. The summed E-state index contributed by atoms with van der Waals surface area (Å²) in [7, 11) is 0. The van der Waals surface area contributed by atoms with Gasteiger partial charge in [0.05, 0.1) is 5.56 Å². The van der Waals surface area contributed by atoms with Gasteiger partial charge in [0.1, 0.15) is 5.82 Å². The van der Waals surface area contributed by atoms with E-state index in [1.54, 1.807) is 6.92 Å².